The number of benzene rings is 2. The summed E-state index contributed by atoms with van der Waals surface area (Å²) >= 11 is 7.46. The molecular formula is C24H31ClN2O5S2. The summed E-state index contributed by atoms with van der Waals surface area (Å²) in [6, 6.07) is 12.0. The van der Waals surface area contributed by atoms with Crippen molar-refractivity contribution in [2.24, 2.45) is 11.8 Å². The molecule has 0 radical (unpaired) electrons. The number of nitrogens with one attached hydrogen (secondary N) is 1. The molecule has 3 rings (SSSR count). The van der Waals surface area contributed by atoms with Crippen molar-refractivity contribution in [3.8, 4) is 0 Å². The summed E-state index contributed by atoms with van der Waals surface area (Å²) in [6.45, 7) is 5.17. The topological polar surface area (TPSA) is 84.9 Å². The number of hydrogen-bond acceptors (Lipinski definition) is 6. The summed E-state index contributed by atoms with van der Waals surface area (Å²) in [4.78, 5) is 14.7. The molecule has 1 saturated heterocycles. The normalized spacial score (nSPS) is 19.4. The van der Waals surface area contributed by atoms with Crippen LogP contribution in [0.5, 0.6) is 0 Å². The van der Waals surface area contributed by atoms with Gasteiger partial charge in [-0.2, -0.15) is 4.31 Å². The van der Waals surface area contributed by atoms with Crippen LogP contribution in [0.25, 0.3) is 0 Å². The first-order valence-corrected chi connectivity index (χ1v) is 13.7. The fourth-order valence-electron chi connectivity index (χ4n) is 4.08. The zero-order valence-corrected chi connectivity index (χ0v) is 22.2. The average molecular weight is 527 g/mol. The standard InChI is InChI=1S/C24H31ClN2O5S2/c1-16-10-17(2)15-27(14-16)34(29,30)20-8-9-22(33-19-7-5-6-18(25)11-19)21(12-20)24(28)26-13-23(31-3)32-4/h5-9,11-12,16-17,23H,10,13-15H2,1-4H3,(H,26,28). The molecule has 1 heterocycles. The fourth-order valence-corrected chi connectivity index (χ4v) is 7.02. The van der Waals surface area contributed by atoms with Crippen molar-refractivity contribution in [1.29, 1.82) is 0 Å². The number of ether oxygens (including phenoxy) is 2. The second kappa shape index (κ2) is 11.9. The van der Waals surface area contributed by atoms with Crippen LogP contribution in [0.1, 0.15) is 30.6 Å². The number of carbonyl (C=O) groups excluding carboxylic acids is 1. The lowest BCUT2D eigenvalue weighted by atomic mass is 9.94. The third-order valence-corrected chi connectivity index (χ3v) is 8.78. The van der Waals surface area contributed by atoms with Gasteiger partial charge in [0.1, 0.15) is 0 Å². The molecule has 2 atom stereocenters. The van der Waals surface area contributed by atoms with Crippen LogP contribution in [-0.4, -0.2) is 58.8 Å². The second-order valence-electron chi connectivity index (χ2n) is 8.60. The number of hydrogen-bond donors (Lipinski definition) is 1. The van der Waals surface area contributed by atoms with E-state index in [-0.39, 0.29) is 28.8 Å². The number of methoxy groups -OCH3 is 2. The van der Waals surface area contributed by atoms with Gasteiger partial charge in [-0.25, -0.2) is 8.42 Å². The van der Waals surface area contributed by atoms with Crippen LogP contribution in [-0.2, 0) is 19.5 Å². The number of rotatable bonds is 9. The number of amides is 1. The molecule has 1 aliphatic heterocycles. The first-order valence-electron chi connectivity index (χ1n) is 11.1. The molecule has 2 aromatic rings. The summed E-state index contributed by atoms with van der Waals surface area (Å²) in [5.74, 6) is 0.138. The molecule has 0 aliphatic carbocycles. The largest absolute Gasteiger partial charge is 0.354 e. The van der Waals surface area contributed by atoms with Gasteiger partial charge in [-0.3, -0.25) is 4.79 Å². The van der Waals surface area contributed by atoms with Gasteiger partial charge in [0, 0.05) is 42.1 Å². The molecule has 1 aliphatic rings. The second-order valence-corrected chi connectivity index (χ2v) is 12.1. The van der Waals surface area contributed by atoms with Gasteiger partial charge in [-0.15, -0.1) is 0 Å². The van der Waals surface area contributed by atoms with Gasteiger partial charge >= 0.3 is 0 Å². The van der Waals surface area contributed by atoms with E-state index < -0.39 is 22.2 Å². The van der Waals surface area contributed by atoms with Crippen LogP contribution in [0.2, 0.25) is 5.02 Å². The zero-order chi connectivity index (χ0) is 24.9. The Morgan fingerprint density at radius 3 is 2.44 bits per heavy atom. The van der Waals surface area contributed by atoms with Gasteiger partial charge in [-0.05, 0) is 54.7 Å². The number of sulfonamides is 1. The minimum atomic E-state index is -3.75. The van der Waals surface area contributed by atoms with E-state index in [9.17, 15) is 13.2 Å². The lowest BCUT2D eigenvalue weighted by Gasteiger charge is -2.34. The van der Waals surface area contributed by atoms with Crippen LogP contribution in [0.4, 0.5) is 0 Å². The van der Waals surface area contributed by atoms with E-state index in [0.29, 0.717) is 23.0 Å². The Morgan fingerprint density at radius 2 is 1.82 bits per heavy atom. The summed E-state index contributed by atoms with van der Waals surface area (Å²) in [7, 11) is -0.786. The van der Waals surface area contributed by atoms with Gasteiger partial charge in [0.05, 0.1) is 17.0 Å². The molecule has 34 heavy (non-hydrogen) atoms. The third kappa shape index (κ3) is 6.74. The molecule has 2 aromatic carbocycles. The van der Waals surface area contributed by atoms with Gasteiger partial charge in [0.2, 0.25) is 10.0 Å². The highest BCUT2D eigenvalue weighted by Crippen LogP contribution is 2.34. The number of piperidine rings is 1. The highest BCUT2D eigenvalue weighted by molar-refractivity contribution is 7.99. The van der Waals surface area contributed by atoms with E-state index >= 15 is 0 Å². The Hall–Kier alpha value is -1.62. The summed E-state index contributed by atoms with van der Waals surface area (Å²) in [5.41, 5.74) is 0.259. The van der Waals surface area contributed by atoms with Crippen LogP contribution in [0.3, 0.4) is 0 Å². The van der Waals surface area contributed by atoms with Crippen molar-refractivity contribution < 1.29 is 22.7 Å². The maximum atomic E-state index is 13.5. The summed E-state index contributed by atoms with van der Waals surface area (Å²) < 4.78 is 38.7. The predicted molar refractivity (Wildman–Crippen MR) is 134 cm³/mol. The number of nitrogens with zero attached hydrogens (tertiary/aromatic N) is 1. The van der Waals surface area contributed by atoms with Crippen molar-refractivity contribution in [2.75, 3.05) is 33.9 Å². The monoisotopic (exact) mass is 526 g/mol. The van der Waals surface area contributed by atoms with Crippen molar-refractivity contribution in [1.82, 2.24) is 9.62 Å². The minimum Gasteiger partial charge on any atom is -0.354 e. The molecule has 186 valence electrons. The van der Waals surface area contributed by atoms with Gasteiger partial charge in [0.25, 0.3) is 5.91 Å². The Labute approximate surface area is 211 Å². The molecule has 0 aromatic heterocycles. The zero-order valence-electron chi connectivity index (χ0n) is 19.8. The van der Waals surface area contributed by atoms with Gasteiger partial charge in [0.15, 0.2) is 6.29 Å². The Bertz CT molecular complexity index is 1100. The van der Waals surface area contributed by atoms with Crippen molar-refractivity contribution >= 4 is 39.3 Å². The van der Waals surface area contributed by atoms with Crippen LogP contribution in [0, 0.1) is 11.8 Å². The SMILES string of the molecule is COC(CNC(=O)c1cc(S(=O)(=O)N2CC(C)CC(C)C2)ccc1Sc1cccc(Cl)c1)OC. The molecule has 0 spiro atoms. The molecule has 10 heteroatoms. The van der Waals surface area contributed by atoms with Crippen molar-refractivity contribution in [3.05, 3.63) is 53.1 Å². The van der Waals surface area contributed by atoms with Crippen LogP contribution in [0.15, 0.2) is 57.2 Å². The molecule has 7 nitrogen and oxygen atoms in total. The van der Waals surface area contributed by atoms with Gasteiger partial charge < -0.3 is 14.8 Å². The maximum absolute atomic E-state index is 13.5. The fraction of sp³-hybridized carbons (Fsp3) is 0.458. The van der Waals surface area contributed by atoms with E-state index in [1.807, 2.05) is 12.1 Å². The molecule has 1 fully saturated rings. The predicted octanol–water partition coefficient (Wildman–Crippen LogP) is 4.51. The summed E-state index contributed by atoms with van der Waals surface area (Å²) in [5, 5.41) is 3.35. The van der Waals surface area contributed by atoms with Crippen LogP contribution < -0.4 is 5.32 Å². The molecule has 1 amide bonds. The Kier molecular flexibility index (Phi) is 9.42. The van der Waals surface area contributed by atoms with E-state index in [4.69, 9.17) is 21.1 Å². The summed E-state index contributed by atoms with van der Waals surface area (Å²) in [6.07, 6.45) is 0.380. The maximum Gasteiger partial charge on any atom is 0.252 e. The lowest BCUT2D eigenvalue weighted by Crippen LogP contribution is -2.42. The molecule has 0 saturated carbocycles. The average Bonchev–Trinajstić information content (AvgIpc) is 2.79. The van der Waals surface area contributed by atoms with E-state index in [1.54, 1.807) is 24.3 Å². The van der Waals surface area contributed by atoms with E-state index in [1.165, 1.54) is 36.4 Å². The minimum absolute atomic E-state index is 0.101. The Balaban J connectivity index is 1.96. The highest BCUT2D eigenvalue weighted by atomic mass is 35.5. The first-order chi connectivity index (χ1) is 16.1. The van der Waals surface area contributed by atoms with E-state index in [0.717, 1.165) is 11.3 Å². The highest BCUT2D eigenvalue weighted by Gasteiger charge is 2.32. The number of halogens is 1. The van der Waals surface area contributed by atoms with Crippen molar-refractivity contribution in [3.63, 3.8) is 0 Å². The van der Waals surface area contributed by atoms with Gasteiger partial charge in [-0.1, -0.05) is 43.3 Å². The van der Waals surface area contributed by atoms with Crippen molar-refractivity contribution in [2.45, 2.75) is 41.2 Å². The Morgan fingerprint density at radius 1 is 1.15 bits per heavy atom. The lowest BCUT2D eigenvalue weighted by molar-refractivity contribution is -0.0974. The molecule has 0 bridgehead atoms. The first kappa shape index (κ1) is 27.0. The molecular weight excluding hydrogens is 496 g/mol. The third-order valence-electron chi connectivity index (χ3n) is 5.65. The van der Waals surface area contributed by atoms with Crippen LogP contribution >= 0.6 is 23.4 Å². The van der Waals surface area contributed by atoms with E-state index in [2.05, 4.69) is 19.2 Å². The molecule has 2 unspecified atom stereocenters. The number of carbonyl (C=O) groups is 1. The molecule has 1 N–H and O–H groups in total. The smallest absolute Gasteiger partial charge is 0.252 e. The quantitative estimate of drug-likeness (QED) is 0.484.